The van der Waals surface area contributed by atoms with Gasteiger partial charge in [-0.2, -0.15) is 0 Å². The first-order valence-electron chi connectivity index (χ1n) is 5.79. The second-order valence-electron chi connectivity index (χ2n) is 3.98. The van der Waals surface area contributed by atoms with Crippen LogP contribution >= 0.6 is 11.6 Å². The first kappa shape index (κ1) is 13.3. The minimum absolute atomic E-state index is 0.0397. The summed E-state index contributed by atoms with van der Waals surface area (Å²) in [5, 5.41) is 0. The minimum atomic E-state index is -0.0397. The Kier molecular flexibility index (Phi) is 4.31. The number of ketones is 1. The summed E-state index contributed by atoms with van der Waals surface area (Å²) in [5.74, 6) is 0.449. The molecule has 4 heteroatoms. The number of hydrogen-bond donors (Lipinski definition) is 1. The molecule has 0 saturated carbocycles. The topological polar surface area (TPSA) is 55.4 Å². The van der Waals surface area contributed by atoms with Crippen molar-refractivity contribution >= 4 is 28.9 Å². The summed E-state index contributed by atoms with van der Waals surface area (Å²) >= 11 is 5.58. The first-order chi connectivity index (χ1) is 9.20. The van der Waals surface area contributed by atoms with Crippen LogP contribution in [0.1, 0.15) is 15.9 Å². The van der Waals surface area contributed by atoms with Gasteiger partial charge in [0.05, 0.1) is 11.6 Å². The monoisotopic (exact) mass is 272 g/mol. The van der Waals surface area contributed by atoms with E-state index in [1.54, 1.807) is 36.4 Å². The molecule has 2 N–H and O–H groups in total. The van der Waals surface area contributed by atoms with Crippen molar-refractivity contribution in [3.8, 4) is 0 Å². The average Bonchev–Trinajstić information content (AvgIpc) is 2.47. The van der Waals surface area contributed by atoms with Crippen molar-refractivity contribution in [1.29, 1.82) is 0 Å². The highest BCUT2D eigenvalue weighted by atomic mass is 35.5. The van der Waals surface area contributed by atoms with Crippen LogP contribution in [0, 0.1) is 0 Å². The Balaban J connectivity index is 2.32. The molecule has 2 aromatic carbocycles. The Morgan fingerprint density at radius 1 is 1.05 bits per heavy atom. The van der Waals surface area contributed by atoms with Gasteiger partial charge in [-0.3, -0.25) is 4.79 Å². The maximum absolute atomic E-state index is 12.2. The van der Waals surface area contributed by atoms with Gasteiger partial charge in [-0.1, -0.05) is 42.5 Å². The lowest BCUT2D eigenvalue weighted by atomic mass is 10.0. The fourth-order valence-electron chi connectivity index (χ4n) is 1.67. The van der Waals surface area contributed by atoms with Crippen molar-refractivity contribution in [3.05, 3.63) is 65.7 Å². The van der Waals surface area contributed by atoms with Crippen molar-refractivity contribution in [2.45, 2.75) is 0 Å². The Bertz CT molecular complexity index is 609. The number of carbonyl (C=O) groups is 1. The lowest BCUT2D eigenvalue weighted by molar-refractivity contribution is 0.103. The number of nitrogens with zero attached hydrogens (tertiary/aromatic N) is 1. The van der Waals surface area contributed by atoms with Crippen LogP contribution < -0.4 is 5.73 Å². The number of aliphatic imine (C=N–C) groups is 1. The molecule has 2 aromatic rings. The molecule has 0 bridgehead atoms. The van der Waals surface area contributed by atoms with Crippen LogP contribution in [-0.2, 0) is 0 Å². The normalized spacial score (nSPS) is 11.3. The predicted molar refractivity (Wildman–Crippen MR) is 78.3 cm³/mol. The molecule has 0 fully saturated rings. The van der Waals surface area contributed by atoms with Gasteiger partial charge in [-0.25, -0.2) is 4.99 Å². The van der Waals surface area contributed by atoms with Crippen LogP contribution in [0.25, 0.3) is 0 Å². The zero-order valence-corrected chi connectivity index (χ0v) is 11.0. The van der Waals surface area contributed by atoms with Crippen LogP contribution in [0.15, 0.2) is 59.6 Å². The number of halogens is 1. The molecule has 0 spiro atoms. The molecule has 19 heavy (non-hydrogen) atoms. The summed E-state index contributed by atoms with van der Waals surface area (Å²) in [7, 11) is 0. The highest BCUT2D eigenvalue weighted by Gasteiger charge is 2.08. The average molecular weight is 273 g/mol. The second-order valence-corrected chi connectivity index (χ2v) is 4.25. The van der Waals surface area contributed by atoms with E-state index in [2.05, 4.69) is 4.99 Å². The molecule has 0 heterocycles. The zero-order valence-electron chi connectivity index (χ0n) is 10.2. The number of nitrogens with two attached hydrogens (primary N) is 1. The van der Waals surface area contributed by atoms with E-state index in [0.29, 0.717) is 22.6 Å². The molecule has 0 aliphatic heterocycles. The lowest BCUT2D eigenvalue weighted by Crippen LogP contribution is -2.12. The quantitative estimate of drug-likeness (QED) is 0.402. The van der Waals surface area contributed by atoms with Crippen molar-refractivity contribution < 1.29 is 4.79 Å². The zero-order chi connectivity index (χ0) is 13.7. The third-order valence-electron chi connectivity index (χ3n) is 2.55. The third-order valence-corrected chi connectivity index (χ3v) is 2.83. The van der Waals surface area contributed by atoms with E-state index < -0.39 is 0 Å². The molecule has 0 saturated heterocycles. The smallest absolute Gasteiger partial charge is 0.193 e. The van der Waals surface area contributed by atoms with E-state index in [0.717, 1.165) is 0 Å². The van der Waals surface area contributed by atoms with E-state index in [1.807, 2.05) is 18.2 Å². The number of alkyl halides is 1. The van der Waals surface area contributed by atoms with E-state index >= 15 is 0 Å². The van der Waals surface area contributed by atoms with Gasteiger partial charge in [0.15, 0.2) is 5.78 Å². The molecule has 2 rings (SSSR count). The molecule has 0 aliphatic carbocycles. The van der Waals surface area contributed by atoms with Crippen molar-refractivity contribution in [1.82, 2.24) is 0 Å². The van der Waals surface area contributed by atoms with E-state index in [4.69, 9.17) is 17.3 Å². The van der Waals surface area contributed by atoms with E-state index in [1.165, 1.54) is 0 Å². The maximum atomic E-state index is 12.2. The van der Waals surface area contributed by atoms with Gasteiger partial charge in [0.1, 0.15) is 5.84 Å². The standard InChI is InChI=1S/C15H13ClN2O/c16-10-14(17)18-13-8-4-7-12(9-13)15(19)11-5-2-1-3-6-11/h1-9H,10H2,(H2,17,18). The first-order valence-corrected chi connectivity index (χ1v) is 6.33. The van der Waals surface area contributed by atoms with Crippen molar-refractivity contribution in [2.75, 3.05) is 5.88 Å². The van der Waals surface area contributed by atoms with E-state index in [9.17, 15) is 4.79 Å². The Hall–Kier alpha value is -2.13. The maximum Gasteiger partial charge on any atom is 0.193 e. The Morgan fingerprint density at radius 3 is 2.42 bits per heavy atom. The molecule has 3 nitrogen and oxygen atoms in total. The minimum Gasteiger partial charge on any atom is -0.386 e. The highest BCUT2D eigenvalue weighted by Crippen LogP contribution is 2.17. The third kappa shape index (κ3) is 3.42. The summed E-state index contributed by atoms with van der Waals surface area (Å²) in [5.41, 5.74) is 7.43. The predicted octanol–water partition coefficient (Wildman–Crippen LogP) is 3.15. The Morgan fingerprint density at radius 2 is 1.74 bits per heavy atom. The van der Waals surface area contributed by atoms with Crippen LogP contribution in [0.3, 0.4) is 0 Å². The molecule has 0 aliphatic rings. The molecular formula is C15H13ClN2O. The SMILES string of the molecule is NC(CCl)=Nc1cccc(C(=O)c2ccccc2)c1. The van der Waals surface area contributed by atoms with Crippen molar-refractivity contribution in [3.63, 3.8) is 0 Å². The molecule has 0 amide bonds. The summed E-state index contributed by atoms with van der Waals surface area (Å²) in [6.45, 7) is 0. The van der Waals surface area contributed by atoms with Gasteiger partial charge in [-0.05, 0) is 12.1 Å². The van der Waals surface area contributed by atoms with Gasteiger partial charge in [0.25, 0.3) is 0 Å². The largest absolute Gasteiger partial charge is 0.386 e. The van der Waals surface area contributed by atoms with Crippen molar-refractivity contribution in [2.24, 2.45) is 10.7 Å². The van der Waals surface area contributed by atoms with Gasteiger partial charge >= 0.3 is 0 Å². The number of amidine groups is 1. The van der Waals surface area contributed by atoms with Crippen LogP contribution in [-0.4, -0.2) is 17.5 Å². The molecular weight excluding hydrogens is 260 g/mol. The fourth-order valence-corrected chi connectivity index (χ4v) is 1.73. The van der Waals surface area contributed by atoms with Crippen LogP contribution in [0.2, 0.25) is 0 Å². The van der Waals surface area contributed by atoms with Gasteiger partial charge < -0.3 is 5.73 Å². The summed E-state index contributed by atoms with van der Waals surface area (Å²) in [4.78, 5) is 16.4. The molecule has 0 atom stereocenters. The number of carbonyl (C=O) groups excluding carboxylic acids is 1. The highest BCUT2D eigenvalue weighted by molar-refractivity contribution is 6.28. The van der Waals surface area contributed by atoms with Gasteiger partial charge in [0, 0.05) is 11.1 Å². The summed E-state index contributed by atoms with van der Waals surface area (Å²) < 4.78 is 0. The number of benzene rings is 2. The van der Waals surface area contributed by atoms with Gasteiger partial charge in [0.2, 0.25) is 0 Å². The number of hydrogen-bond acceptors (Lipinski definition) is 2. The molecule has 96 valence electrons. The fraction of sp³-hybridized carbons (Fsp3) is 0.0667. The molecule has 0 unspecified atom stereocenters. The second kappa shape index (κ2) is 6.16. The molecule has 0 radical (unpaired) electrons. The van der Waals surface area contributed by atoms with Crippen LogP contribution in [0.4, 0.5) is 5.69 Å². The van der Waals surface area contributed by atoms with Crippen LogP contribution in [0.5, 0.6) is 0 Å². The number of rotatable bonds is 4. The van der Waals surface area contributed by atoms with Gasteiger partial charge in [-0.15, -0.1) is 11.6 Å². The lowest BCUT2D eigenvalue weighted by Gasteiger charge is -2.02. The summed E-state index contributed by atoms with van der Waals surface area (Å²) in [6, 6.07) is 16.1. The summed E-state index contributed by atoms with van der Waals surface area (Å²) in [6.07, 6.45) is 0. The Labute approximate surface area is 116 Å². The molecule has 0 aromatic heterocycles. The van der Waals surface area contributed by atoms with E-state index in [-0.39, 0.29) is 11.7 Å².